The van der Waals surface area contributed by atoms with Crippen LogP contribution >= 0.6 is 0 Å². The fourth-order valence-corrected chi connectivity index (χ4v) is 0.435. The van der Waals surface area contributed by atoms with E-state index in [1.54, 1.807) is 13.2 Å². The first-order chi connectivity index (χ1) is 4.27. The molecular formula is C10H24O2. The largest absolute Gasteiger partial charge is 0.384 e. The maximum absolute atomic E-state index is 10.3. The highest BCUT2D eigenvalue weighted by molar-refractivity contribution is 5.87. The molecule has 2 nitrogen and oxygen atoms in total. The van der Waals surface area contributed by atoms with Gasteiger partial charge in [0.25, 0.3) is 0 Å². The molecule has 0 atom stereocenters. The molecule has 0 aromatic rings. The second-order valence-electron chi connectivity index (χ2n) is 1.79. The van der Waals surface area contributed by atoms with Crippen molar-refractivity contribution in [3.63, 3.8) is 0 Å². The second-order valence-corrected chi connectivity index (χ2v) is 1.79. The van der Waals surface area contributed by atoms with Crippen LogP contribution in [0.15, 0.2) is 12.2 Å². The Balaban J connectivity index is -0.000000107. The Kier molecular flexibility index (Phi) is 31.4. The molecule has 0 unspecified atom stereocenters. The number of hydrogen-bond acceptors (Lipinski definition) is 2. The molecule has 0 bridgehead atoms. The molecule has 0 N–H and O–H groups in total. The Bertz CT molecular complexity index is 106. The van der Waals surface area contributed by atoms with Crippen molar-refractivity contribution in [3.05, 3.63) is 12.2 Å². The van der Waals surface area contributed by atoms with Crippen molar-refractivity contribution in [2.24, 2.45) is 0 Å². The number of allylic oxidation sites excluding steroid dienone is 1. The third-order valence-corrected chi connectivity index (χ3v) is 0.841. The lowest BCUT2D eigenvalue weighted by atomic mass is 10.3. The van der Waals surface area contributed by atoms with Crippen LogP contribution in [0.1, 0.15) is 35.6 Å². The van der Waals surface area contributed by atoms with Gasteiger partial charge >= 0.3 is 0 Å². The normalized spacial score (nSPS) is 7.83. The summed E-state index contributed by atoms with van der Waals surface area (Å²) in [6.45, 7) is 2.22. The van der Waals surface area contributed by atoms with Gasteiger partial charge in [-0.1, -0.05) is 28.4 Å². The highest BCUT2D eigenvalue weighted by Gasteiger charge is 1.80. The molecule has 0 saturated carbocycles. The number of carbonyl (C=O) groups excluding carboxylic acids is 1. The summed E-state index contributed by atoms with van der Waals surface area (Å²) in [5.74, 6) is 0.0890. The van der Waals surface area contributed by atoms with E-state index in [9.17, 15) is 4.79 Å². The summed E-state index contributed by atoms with van der Waals surface area (Å²) in [6.07, 6.45) is 4.18. The molecule has 0 aliphatic heterocycles. The van der Waals surface area contributed by atoms with Gasteiger partial charge in [0.1, 0.15) is 0 Å². The van der Waals surface area contributed by atoms with Gasteiger partial charge in [-0.2, -0.15) is 0 Å². The van der Waals surface area contributed by atoms with Gasteiger partial charge in [-0.05, 0) is 19.4 Å². The predicted octanol–water partition coefficient (Wildman–Crippen LogP) is 3.08. The molecule has 2 heteroatoms. The van der Waals surface area contributed by atoms with Crippen LogP contribution in [-0.4, -0.2) is 19.5 Å². The first-order valence-corrected chi connectivity index (χ1v) is 2.93. The number of ketones is 1. The van der Waals surface area contributed by atoms with Crippen molar-refractivity contribution in [1.29, 1.82) is 0 Å². The molecule has 0 aromatic heterocycles. The lowest BCUT2D eigenvalue weighted by Crippen LogP contribution is -1.85. The van der Waals surface area contributed by atoms with Crippen LogP contribution in [0.25, 0.3) is 0 Å². The van der Waals surface area contributed by atoms with Crippen molar-refractivity contribution in [2.45, 2.75) is 35.6 Å². The monoisotopic (exact) mass is 176 g/mol. The Labute approximate surface area is 77.6 Å². The molecular weight excluding hydrogens is 152 g/mol. The summed E-state index contributed by atoms with van der Waals surface area (Å²) in [5.41, 5.74) is 0. The minimum absolute atomic E-state index is 0. The van der Waals surface area contributed by atoms with E-state index in [2.05, 4.69) is 0 Å². The second kappa shape index (κ2) is 16.8. The first kappa shape index (κ1) is 22.5. The van der Waals surface area contributed by atoms with Crippen LogP contribution in [-0.2, 0) is 9.53 Å². The van der Waals surface area contributed by atoms with E-state index in [4.69, 9.17) is 4.74 Å². The van der Waals surface area contributed by atoms with Gasteiger partial charge in [0.2, 0.25) is 0 Å². The Morgan fingerprint density at radius 3 is 2.17 bits per heavy atom. The maximum Gasteiger partial charge on any atom is 0.152 e. The zero-order valence-corrected chi connectivity index (χ0v) is 5.89. The zero-order valence-electron chi connectivity index (χ0n) is 5.89. The number of carbonyl (C=O) groups is 1. The van der Waals surface area contributed by atoms with Crippen molar-refractivity contribution < 1.29 is 9.53 Å². The zero-order chi connectivity index (χ0) is 7.11. The molecule has 0 amide bonds. The van der Waals surface area contributed by atoms with Crippen LogP contribution in [0.3, 0.4) is 0 Å². The minimum Gasteiger partial charge on any atom is -0.384 e. The highest BCUT2D eigenvalue weighted by Crippen LogP contribution is 1.83. The van der Waals surface area contributed by atoms with E-state index < -0.39 is 0 Å². The van der Waals surface area contributed by atoms with E-state index >= 15 is 0 Å². The third kappa shape index (κ3) is 22.8. The summed E-state index contributed by atoms with van der Waals surface area (Å²) in [5, 5.41) is 0. The summed E-state index contributed by atoms with van der Waals surface area (Å²) in [4.78, 5) is 10.3. The van der Waals surface area contributed by atoms with Crippen molar-refractivity contribution in [3.8, 4) is 0 Å². The lowest BCUT2D eigenvalue weighted by molar-refractivity contribution is -0.112. The van der Waals surface area contributed by atoms with Crippen LogP contribution in [0.2, 0.25) is 0 Å². The van der Waals surface area contributed by atoms with Gasteiger partial charge in [-0.25, -0.2) is 0 Å². The third-order valence-electron chi connectivity index (χ3n) is 0.841. The van der Waals surface area contributed by atoms with Gasteiger partial charge in [-0.15, -0.1) is 0 Å². The van der Waals surface area contributed by atoms with E-state index in [1.165, 1.54) is 6.92 Å². The maximum atomic E-state index is 10.3. The van der Waals surface area contributed by atoms with E-state index in [0.29, 0.717) is 6.61 Å². The molecule has 0 aliphatic rings. The van der Waals surface area contributed by atoms with E-state index in [0.717, 1.165) is 6.42 Å². The quantitative estimate of drug-likeness (QED) is 0.486. The van der Waals surface area contributed by atoms with Gasteiger partial charge in [0, 0.05) is 13.7 Å². The molecule has 0 rings (SSSR count). The fraction of sp³-hybridized carbons (Fsp3) is 0.700. The molecule has 0 spiro atoms. The molecule has 0 saturated heterocycles. The SMILES string of the molecule is C.C.C.COCC/C=C/C(C)=O. The molecule has 12 heavy (non-hydrogen) atoms. The highest BCUT2D eigenvalue weighted by atomic mass is 16.5. The Morgan fingerprint density at radius 1 is 1.33 bits per heavy atom. The van der Waals surface area contributed by atoms with Crippen LogP contribution in [0.5, 0.6) is 0 Å². The van der Waals surface area contributed by atoms with Gasteiger partial charge in [0.05, 0.1) is 0 Å². The van der Waals surface area contributed by atoms with Crippen molar-refractivity contribution >= 4 is 5.78 Å². The summed E-state index contributed by atoms with van der Waals surface area (Å²) in [6, 6.07) is 0. The number of hydrogen-bond donors (Lipinski definition) is 0. The first-order valence-electron chi connectivity index (χ1n) is 2.93. The average Bonchev–Trinajstić information content (AvgIpc) is 1.80. The predicted molar refractivity (Wildman–Crippen MR) is 56.5 cm³/mol. The number of methoxy groups -OCH3 is 1. The van der Waals surface area contributed by atoms with Crippen LogP contribution in [0, 0.1) is 0 Å². The topological polar surface area (TPSA) is 26.3 Å². The molecule has 0 heterocycles. The van der Waals surface area contributed by atoms with Crippen molar-refractivity contribution in [1.82, 2.24) is 0 Å². The molecule has 76 valence electrons. The summed E-state index contributed by atoms with van der Waals surface area (Å²) < 4.78 is 4.76. The van der Waals surface area contributed by atoms with Gasteiger partial charge < -0.3 is 4.74 Å². The molecule has 0 fully saturated rings. The lowest BCUT2D eigenvalue weighted by Gasteiger charge is -1.88. The Hall–Kier alpha value is -0.630. The number of rotatable bonds is 4. The van der Waals surface area contributed by atoms with E-state index in [-0.39, 0.29) is 28.1 Å². The standard InChI is InChI=1S/C7H12O2.3CH4/c1-7(8)5-3-4-6-9-2;;;/h3,5H,4,6H2,1-2H3;3*1H4/b5-3+;;;. The van der Waals surface area contributed by atoms with Crippen LogP contribution < -0.4 is 0 Å². The van der Waals surface area contributed by atoms with E-state index in [1.807, 2.05) is 6.08 Å². The average molecular weight is 176 g/mol. The Morgan fingerprint density at radius 2 is 1.83 bits per heavy atom. The van der Waals surface area contributed by atoms with Crippen LogP contribution in [0.4, 0.5) is 0 Å². The molecule has 0 aliphatic carbocycles. The van der Waals surface area contributed by atoms with Crippen molar-refractivity contribution in [2.75, 3.05) is 13.7 Å². The minimum atomic E-state index is 0. The smallest absolute Gasteiger partial charge is 0.152 e. The molecule has 0 radical (unpaired) electrons. The fourth-order valence-electron chi connectivity index (χ4n) is 0.435. The van der Waals surface area contributed by atoms with Gasteiger partial charge in [-0.3, -0.25) is 4.79 Å². The number of ether oxygens (including phenoxy) is 1. The van der Waals surface area contributed by atoms with Gasteiger partial charge in [0.15, 0.2) is 5.78 Å². The summed E-state index contributed by atoms with van der Waals surface area (Å²) >= 11 is 0. The summed E-state index contributed by atoms with van der Waals surface area (Å²) in [7, 11) is 1.64. The molecule has 0 aromatic carbocycles.